The Balaban J connectivity index is 1.91. The van der Waals surface area contributed by atoms with Crippen LogP contribution >= 0.6 is 0 Å². The van der Waals surface area contributed by atoms with Gasteiger partial charge in [0.25, 0.3) is 5.89 Å². The van der Waals surface area contributed by atoms with Crippen LogP contribution in [0.1, 0.15) is 10.4 Å². The molecule has 0 aliphatic carbocycles. The van der Waals surface area contributed by atoms with Crippen LogP contribution in [-0.2, 0) is 7.05 Å². The number of carbonyl (C=O) groups is 1. The van der Waals surface area contributed by atoms with E-state index in [9.17, 15) is 4.79 Å². The van der Waals surface area contributed by atoms with E-state index in [0.29, 0.717) is 17.3 Å². The molecule has 3 aromatic rings. The third-order valence-corrected chi connectivity index (χ3v) is 2.77. The summed E-state index contributed by atoms with van der Waals surface area (Å²) in [6.07, 6.45) is 3.40. The summed E-state index contributed by atoms with van der Waals surface area (Å²) in [6, 6.07) is 6.28. The van der Waals surface area contributed by atoms with Crippen molar-refractivity contribution in [2.45, 2.75) is 0 Å². The zero-order valence-electron chi connectivity index (χ0n) is 10.5. The van der Waals surface area contributed by atoms with Gasteiger partial charge in [0.05, 0.1) is 17.3 Å². The van der Waals surface area contributed by atoms with Gasteiger partial charge in [-0.1, -0.05) is 17.3 Å². The van der Waals surface area contributed by atoms with Crippen molar-refractivity contribution in [1.82, 2.24) is 19.9 Å². The van der Waals surface area contributed by atoms with Crippen LogP contribution in [0.4, 0.5) is 0 Å². The summed E-state index contributed by atoms with van der Waals surface area (Å²) in [5.74, 6) is -0.197. The highest BCUT2D eigenvalue weighted by Gasteiger charge is 2.12. The van der Waals surface area contributed by atoms with Gasteiger partial charge in [0, 0.05) is 18.8 Å². The third kappa shape index (κ3) is 2.16. The summed E-state index contributed by atoms with van der Waals surface area (Å²) >= 11 is 0. The van der Waals surface area contributed by atoms with Crippen molar-refractivity contribution in [3.63, 3.8) is 0 Å². The molecule has 3 rings (SSSR count). The maximum Gasteiger partial charge on any atom is 0.335 e. The van der Waals surface area contributed by atoms with Gasteiger partial charge in [-0.2, -0.15) is 10.1 Å². The van der Waals surface area contributed by atoms with Crippen molar-refractivity contribution >= 4 is 5.97 Å². The first-order chi connectivity index (χ1) is 9.63. The van der Waals surface area contributed by atoms with Crippen LogP contribution < -0.4 is 0 Å². The maximum absolute atomic E-state index is 10.8. The van der Waals surface area contributed by atoms with Gasteiger partial charge < -0.3 is 9.63 Å². The Hall–Kier alpha value is -2.96. The molecule has 0 unspecified atom stereocenters. The van der Waals surface area contributed by atoms with Crippen LogP contribution in [0, 0.1) is 0 Å². The summed E-state index contributed by atoms with van der Waals surface area (Å²) in [7, 11) is 1.80. The third-order valence-electron chi connectivity index (χ3n) is 2.77. The predicted octanol–water partition coefficient (Wildman–Crippen LogP) is 1.84. The van der Waals surface area contributed by atoms with E-state index >= 15 is 0 Å². The molecular weight excluding hydrogens is 260 g/mol. The number of nitrogens with zero attached hydrogens (tertiary/aromatic N) is 4. The van der Waals surface area contributed by atoms with Crippen molar-refractivity contribution in [3.8, 4) is 22.8 Å². The quantitative estimate of drug-likeness (QED) is 0.780. The monoisotopic (exact) mass is 270 g/mol. The fraction of sp³-hybridized carbons (Fsp3) is 0.0769. The summed E-state index contributed by atoms with van der Waals surface area (Å²) in [5.41, 5.74) is 1.63. The number of aryl methyl sites for hydroxylation is 1. The molecule has 1 aromatic carbocycles. The van der Waals surface area contributed by atoms with Crippen LogP contribution in [0.3, 0.4) is 0 Å². The van der Waals surface area contributed by atoms with Crippen LogP contribution in [-0.4, -0.2) is 31.0 Å². The van der Waals surface area contributed by atoms with Gasteiger partial charge in [0.15, 0.2) is 0 Å². The molecule has 0 aliphatic rings. The molecular formula is C13H10N4O3. The van der Waals surface area contributed by atoms with E-state index in [4.69, 9.17) is 9.63 Å². The highest BCUT2D eigenvalue weighted by atomic mass is 16.5. The van der Waals surface area contributed by atoms with Gasteiger partial charge in [0.2, 0.25) is 5.82 Å². The number of aromatic nitrogens is 4. The fourth-order valence-corrected chi connectivity index (χ4v) is 1.75. The largest absolute Gasteiger partial charge is 0.478 e. The Morgan fingerprint density at radius 3 is 2.60 bits per heavy atom. The first-order valence-electron chi connectivity index (χ1n) is 5.80. The van der Waals surface area contributed by atoms with Crippen molar-refractivity contribution in [1.29, 1.82) is 0 Å². The van der Waals surface area contributed by atoms with Crippen LogP contribution in [0.15, 0.2) is 41.2 Å². The molecule has 2 heterocycles. The molecule has 1 N–H and O–H groups in total. The number of rotatable bonds is 3. The summed E-state index contributed by atoms with van der Waals surface area (Å²) < 4.78 is 6.81. The number of hydrogen-bond acceptors (Lipinski definition) is 5. The summed E-state index contributed by atoms with van der Waals surface area (Å²) in [4.78, 5) is 15.0. The molecule has 0 spiro atoms. The number of benzene rings is 1. The predicted molar refractivity (Wildman–Crippen MR) is 68.9 cm³/mol. The molecule has 0 bridgehead atoms. The molecule has 2 aromatic heterocycles. The molecule has 0 amide bonds. The average Bonchev–Trinajstić information content (AvgIpc) is 3.07. The lowest BCUT2D eigenvalue weighted by molar-refractivity contribution is 0.0697. The number of carboxylic acids is 1. The first kappa shape index (κ1) is 12.1. The van der Waals surface area contributed by atoms with Gasteiger partial charge in [-0.25, -0.2) is 4.79 Å². The zero-order valence-corrected chi connectivity index (χ0v) is 10.5. The van der Waals surface area contributed by atoms with Crippen LogP contribution in [0.25, 0.3) is 22.8 Å². The summed E-state index contributed by atoms with van der Waals surface area (Å²) in [6.45, 7) is 0. The van der Waals surface area contributed by atoms with E-state index in [0.717, 1.165) is 5.56 Å². The van der Waals surface area contributed by atoms with E-state index in [2.05, 4.69) is 15.2 Å². The maximum atomic E-state index is 10.8. The van der Waals surface area contributed by atoms with E-state index in [-0.39, 0.29) is 5.56 Å². The minimum Gasteiger partial charge on any atom is -0.478 e. The molecule has 0 fully saturated rings. The van der Waals surface area contributed by atoms with E-state index in [1.165, 1.54) is 12.1 Å². The van der Waals surface area contributed by atoms with Gasteiger partial charge in [-0.3, -0.25) is 4.68 Å². The second-order valence-electron chi connectivity index (χ2n) is 4.21. The molecule has 0 aliphatic heterocycles. The highest BCUT2D eigenvalue weighted by Crippen LogP contribution is 2.21. The highest BCUT2D eigenvalue weighted by molar-refractivity contribution is 5.88. The molecule has 0 atom stereocenters. The Bertz CT molecular complexity index is 758. The summed E-state index contributed by atoms with van der Waals surface area (Å²) in [5, 5.41) is 16.7. The van der Waals surface area contributed by atoms with Crippen molar-refractivity contribution < 1.29 is 14.4 Å². The van der Waals surface area contributed by atoms with Gasteiger partial charge in [0.1, 0.15) is 0 Å². The minimum atomic E-state index is -0.972. The molecule has 0 saturated carbocycles. The molecule has 7 heteroatoms. The normalized spacial score (nSPS) is 10.7. The van der Waals surface area contributed by atoms with Gasteiger partial charge in [-0.15, -0.1) is 0 Å². The topological polar surface area (TPSA) is 94.0 Å². The number of aromatic carboxylic acids is 1. The first-order valence-corrected chi connectivity index (χ1v) is 5.80. The standard InChI is InChI=1S/C13H10N4O3/c1-17-7-10(6-14-17)12-15-11(16-20-12)8-2-4-9(5-3-8)13(18)19/h2-7H,1H3,(H,18,19). The second-order valence-corrected chi connectivity index (χ2v) is 4.21. The lowest BCUT2D eigenvalue weighted by Crippen LogP contribution is -1.95. The molecule has 0 radical (unpaired) electrons. The van der Waals surface area contributed by atoms with E-state index in [1.807, 2.05) is 0 Å². The molecule has 0 saturated heterocycles. The molecule has 20 heavy (non-hydrogen) atoms. The second kappa shape index (κ2) is 4.61. The molecule has 100 valence electrons. The molecule has 7 nitrogen and oxygen atoms in total. The van der Waals surface area contributed by atoms with Crippen molar-refractivity contribution in [2.24, 2.45) is 7.05 Å². The lowest BCUT2D eigenvalue weighted by atomic mass is 10.1. The fourth-order valence-electron chi connectivity index (χ4n) is 1.75. The van der Waals surface area contributed by atoms with Crippen molar-refractivity contribution in [2.75, 3.05) is 0 Å². The van der Waals surface area contributed by atoms with E-state index < -0.39 is 5.97 Å². The average molecular weight is 270 g/mol. The zero-order chi connectivity index (χ0) is 14.1. The van der Waals surface area contributed by atoms with Crippen LogP contribution in [0.5, 0.6) is 0 Å². The lowest BCUT2D eigenvalue weighted by Gasteiger charge is -1.95. The minimum absolute atomic E-state index is 0.213. The van der Waals surface area contributed by atoms with Gasteiger partial charge >= 0.3 is 5.97 Å². The van der Waals surface area contributed by atoms with Gasteiger partial charge in [-0.05, 0) is 12.1 Å². The van der Waals surface area contributed by atoms with Crippen LogP contribution in [0.2, 0.25) is 0 Å². The smallest absolute Gasteiger partial charge is 0.335 e. The Morgan fingerprint density at radius 2 is 2.00 bits per heavy atom. The van der Waals surface area contributed by atoms with E-state index in [1.54, 1.807) is 36.3 Å². The number of carboxylic acid groups (broad SMARTS) is 1. The SMILES string of the molecule is Cn1cc(-c2nc(-c3ccc(C(=O)O)cc3)no2)cn1. The van der Waals surface area contributed by atoms with Crippen molar-refractivity contribution in [3.05, 3.63) is 42.2 Å². The Morgan fingerprint density at radius 1 is 1.25 bits per heavy atom. The Kier molecular flexibility index (Phi) is 2.79. The Labute approximate surface area is 113 Å². The number of hydrogen-bond donors (Lipinski definition) is 1.